The van der Waals surface area contributed by atoms with Gasteiger partial charge in [-0.15, -0.1) is 10.2 Å². The zero-order chi connectivity index (χ0) is 20.9. The zero-order valence-corrected chi connectivity index (χ0v) is 17.7. The van der Waals surface area contributed by atoms with Crippen LogP contribution in [0.5, 0.6) is 0 Å². The van der Waals surface area contributed by atoms with Crippen molar-refractivity contribution in [3.63, 3.8) is 0 Å². The molecule has 0 saturated carbocycles. The highest BCUT2D eigenvalue weighted by Gasteiger charge is 2.19. The van der Waals surface area contributed by atoms with E-state index >= 15 is 0 Å². The van der Waals surface area contributed by atoms with E-state index in [9.17, 15) is 4.79 Å². The normalized spacial score (nSPS) is 10.9. The third kappa shape index (κ3) is 4.42. The van der Waals surface area contributed by atoms with Crippen LogP contribution in [0, 0.1) is 0 Å². The molecule has 0 spiro atoms. The number of hydrogen-bond donors (Lipinski definition) is 0. The lowest BCUT2D eigenvalue weighted by Gasteiger charge is -2.10. The number of nitrogens with zero attached hydrogens (tertiary/aromatic N) is 3. The SMILES string of the molecule is COC(=O)c1occc1CSc1nnc(-c2ccc(Cl)cc2)n1Cc1ccccc1. The van der Waals surface area contributed by atoms with Crippen molar-refractivity contribution in [1.29, 1.82) is 0 Å². The topological polar surface area (TPSA) is 70.2 Å². The lowest BCUT2D eigenvalue weighted by Crippen LogP contribution is -2.05. The number of methoxy groups -OCH3 is 1. The van der Waals surface area contributed by atoms with Gasteiger partial charge in [-0.2, -0.15) is 0 Å². The third-order valence-corrected chi connectivity index (χ3v) is 5.74. The molecule has 30 heavy (non-hydrogen) atoms. The Bertz CT molecular complexity index is 1140. The molecule has 0 amide bonds. The van der Waals surface area contributed by atoms with Crippen molar-refractivity contribution in [2.45, 2.75) is 17.5 Å². The van der Waals surface area contributed by atoms with Crippen molar-refractivity contribution in [3.05, 3.63) is 88.8 Å². The standard InChI is InChI=1S/C22H18ClN3O3S/c1-28-21(27)19-17(11-12-29-19)14-30-22-25-24-20(16-7-9-18(23)10-8-16)26(22)13-15-5-3-2-4-6-15/h2-12H,13-14H2,1H3. The molecule has 0 unspecified atom stereocenters. The van der Waals surface area contributed by atoms with Crippen molar-refractivity contribution in [1.82, 2.24) is 14.8 Å². The second kappa shape index (κ2) is 9.19. The van der Waals surface area contributed by atoms with Crippen molar-refractivity contribution in [3.8, 4) is 11.4 Å². The summed E-state index contributed by atoms with van der Waals surface area (Å²) < 4.78 is 12.1. The Morgan fingerprint density at radius 2 is 1.87 bits per heavy atom. The van der Waals surface area contributed by atoms with E-state index < -0.39 is 5.97 Å². The second-order valence-corrected chi connectivity index (χ2v) is 7.82. The number of ether oxygens (including phenoxy) is 1. The number of esters is 1. The summed E-state index contributed by atoms with van der Waals surface area (Å²) in [5.41, 5.74) is 2.80. The first kappa shape index (κ1) is 20.3. The molecule has 2 heterocycles. The number of benzene rings is 2. The van der Waals surface area contributed by atoms with Crippen LogP contribution in [0.2, 0.25) is 5.02 Å². The van der Waals surface area contributed by atoms with Crippen molar-refractivity contribution in [2.75, 3.05) is 7.11 Å². The summed E-state index contributed by atoms with van der Waals surface area (Å²) in [5.74, 6) is 0.952. The smallest absolute Gasteiger partial charge is 0.374 e. The van der Waals surface area contributed by atoms with Gasteiger partial charge in [-0.1, -0.05) is 53.7 Å². The highest BCUT2D eigenvalue weighted by atomic mass is 35.5. The molecule has 4 rings (SSSR count). The molecule has 2 aromatic heterocycles. The van der Waals surface area contributed by atoms with Gasteiger partial charge in [0.25, 0.3) is 0 Å². The summed E-state index contributed by atoms with van der Waals surface area (Å²) in [5, 5.41) is 10.2. The van der Waals surface area contributed by atoms with E-state index in [1.807, 2.05) is 42.5 Å². The lowest BCUT2D eigenvalue weighted by atomic mass is 10.2. The number of rotatable bonds is 7. The fourth-order valence-corrected chi connectivity index (χ4v) is 4.02. The van der Waals surface area contributed by atoms with Gasteiger partial charge >= 0.3 is 5.97 Å². The van der Waals surface area contributed by atoms with Crippen LogP contribution in [0.3, 0.4) is 0 Å². The van der Waals surface area contributed by atoms with Gasteiger partial charge in [0.05, 0.1) is 19.9 Å². The fraction of sp³-hybridized carbons (Fsp3) is 0.136. The highest BCUT2D eigenvalue weighted by Crippen LogP contribution is 2.29. The van der Waals surface area contributed by atoms with Crippen LogP contribution in [0.4, 0.5) is 0 Å². The molecule has 0 aliphatic heterocycles. The van der Waals surface area contributed by atoms with Gasteiger partial charge in [-0.3, -0.25) is 4.57 Å². The average molecular weight is 440 g/mol. The Labute approximate surface area is 182 Å². The molecule has 2 aromatic carbocycles. The number of furan rings is 1. The minimum absolute atomic E-state index is 0.206. The molecule has 0 radical (unpaired) electrons. The van der Waals surface area contributed by atoms with E-state index in [2.05, 4.69) is 26.9 Å². The van der Waals surface area contributed by atoms with Crippen LogP contribution >= 0.6 is 23.4 Å². The predicted molar refractivity (Wildman–Crippen MR) is 116 cm³/mol. The number of hydrogen-bond acceptors (Lipinski definition) is 6. The number of aromatic nitrogens is 3. The van der Waals surface area contributed by atoms with E-state index in [0.29, 0.717) is 17.3 Å². The molecular weight excluding hydrogens is 422 g/mol. The van der Waals surface area contributed by atoms with Crippen molar-refractivity contribution >= 4 is 29.3 Å². The van der Waals surface area contributed by atoms with Gasteiger partial charge in [0.2, 0.25) is 5.76 Å². The maximum absolute atomic E-state index is 11.9. The summed E-state index contributed by atoms with van der Waals surface area (Å²) in [7, 11) is 1.33. The Morgan fingerprint density at radius 1 is 1.10 bits per heavy atom. The summed E-state index contributed by atoms with van der Waals surface area (Å²) in [6.07, 6.45) is 1.48. The fourth-order valence-electron chi connectivity index (χ4n) is 2.98. The van der Waals surface area contributed by atoms with Crippen molar-refractivity contribution < 1.29 is 13.9 Å². The van der Waals surface area contributed by atoms with Gasteiger partial charge in [0, 0.05) is 21.9 Å². The maximum atomic E-state index is 11.9. The molecule has 0 aliphatic rings. The Morgan fingerprint density at radius 3 is 2.60 bits per heavy atom. The van der Waals surface area contributed by atoms with Crippen LogP contribution in [-0.2, 0) is 17.0 Å². The number of halogens is 1. The molecule has 0 bridgehead atoms. The molecule has 152 valence electrons. The van der Waals surface area contributed by atoms with Crippen LogP contribution in [0.25, 0.3) is 11.4 Å². The number of carbonyl (C=O) groups is 1. The second-order valence-electron chi connectivity index (χ2n) is 6.44. The third-order valence-electron chi connectivity index (χ3n) is 4.48. The average Bonchev–Trinajstić information content (AvgIpc) is 3.40. The summed E-state index contributed by atoms with van der Waals surface area (Å²) in [4.78, 5) is 11.9. The predicted octanol–water partition coefficient (Wildman–Crippen LogP) is 5.32. The van der Waals surface area contributed by atoms with E-state index in [0.717, 1.165) is 27.7 Å². The largest absolute Gasteiger partial charge is 0.463 e. The van der Waals surface area contributed by atoms with E-state index in [4.69, 9.17) is 20.8 Å². The van der Waals surface area contributed by atoms with Crippen LogP contribution in [-0.4, -0.2) is 27.8 Å². The molecule has 0 aliphatic carbocycles. The molecule has 0 atom stereocenters. The summed E-state index contributed by atoms with van der Waals surface area (Å²) >= 11 is 7.52. The van der Waals surface area contributed by atoms with Crippen LogP contribution in [0.1, 0.15) is 21.7 Å². The minimum Gasteiger partial charge on any atom is -0.463 e. The quantitative estimate of drug-likeness (QED) is 0.287. The number of thioether (sulfide) groups is 1. The Hall–Kier alpha value is -3.03. The van der Waals surface area contributed by atoms with E-state index in [1.54, 1.807) is 6.07 Å². The van der Waals surface area contributed by atoms with Gasteiger partial charge in [-0.05, 0) is 35.9 Å². The molecular formula is C22H18ClN3O3S. The van der Waals surface area contributed by atoms with Crippen LogP contribution < -0.4 is 0 Å². The molecule has 0 saturated heterocycles. The lowest BCUT2D eigenvalue weighted by molar-refractivity contribution is 0.0564. The van der Waals surface area contributed by atoms with Gasteiger partial charge < -0.3 is 9.15 Å². The first-order valence-electron chi connectivity index (χ1n) is 9.16. The Kier molecular flexibility index (Phi) is 6.21. The van der Waals surface area contributed by atoms with E-state index in [-0.39, 0.29) is 5.76 Å². The first-order valence-corrected chi connectivity index (χ1v) is 10.5. The maximum Gasteiger partial charge on any atom is 0.374 e. The summed E-state index contributed by atoms with van der Waals surface area (Å²) in [6, 6.07) is 19.4. The zero-order valence-electron chi connectivity index (χ0n) is 16.1. The van der Waals surface area contributed by atoms with Gasteiger partial charge in [-0.25, -0.2) is 4.79 Å². The van der Waals surface area contributed by atoms with Gasteiger partial charge in [0.15, 0.2) is 11.0 Å². The molecule has 8 heteroatoms. The van der Waals surface area contributed by atoms with Gasteiger partial charge in [0.1, 0.15) is 0 Å². The molecule has 4 aromatic rings. The number of carbonyl (C=O) groups excluding carboxylic acids is 1. The first-order chi connectivity index (χ1) is 14.7. The highest BCUT2D eigenvalue weighted by molar-refractivity contribution is 7.98. The Balaban J connectivity index is 1.65. The van der Waals surface area contributed by atoms with Crippen molar-refractivity contribution in [2.24, 2.45) is 0 Å². The van der Waals surface area contributed by atoms with Crippen LogP contribution in [0.15, 0.2) is 76.5 Å². The monoisotopic (exact) mass is 439 g/mol. The molecule has 6 nitrogen and oxygen atoms in total. The summed E-state index contributed by atoms with van der Waals surface area (Å²) in [6.45, 7) is 0.614. The molecule has 0 N–H and O–H groups in total. The molecule has 0 fully saturated rings. The van der Waals surface area contributed by atoms with E-state index in [1.165, 1.54) is 25.1 Å². The minimum atomic E-state index is -0.497.